The van der Waals surface area contributed by atoms with Gasteiger partial charge in [-0.25, -0.2) is 8.78 Å². The van der Waals surface area contributed by atoms with Crippen molar-refractivity contribution < 1.29 is 27.1 Å². The summed E-state index contributed by atoms with van der Waals surface area (Å²) in [5.41, 5.74) is -1.55. The Morgan fingerprint density at radius 1 is 1.41 bits per heavy atom. The highest BCUT2D eigenvalue weighted by atomic mass is 32.1. The van der Waals surface area contributed by atoms with E-state index < -0.39 is 35.9 Å². The summed E-state index contributed by atoms with van der Waals surface area (Å²) in [6.45, 7) is 0.0535. The molecule has 0 aromatic carbocycles. The van der Waals surface area contributed by atoms with Crippen LogP contribution in [-0.2, 0) is 25.6 Å². The van der Waals surface area contributed by atoms with Crippen LogP contribution in [-0.4, -0.2) is 20.8 Å². The van der Waals surface area contributed by atoms with Crippen molar-refractivity contribution in [1.29, 1.82) is 0 Å². The Morgan fingerprint density at radius 3 is 2.73 bits per heavy atom. The van der Waals surface area contributed by atoms with Gasteiger partial charge in [-0.15, -0.1) is 0 Å². The SMILES string of the molecule is O[C@H]1c2c(C(F)(F)F)nn(CCc3ccsc3)c2CC1(F)F. The molecule has 0 radical (unpaired) electrons. The molecule has 120 valence electrons. The van der Waals surface area contributed by atoms with Crippen molar-refractivity contribution in [2.24, 2.45) is 0 Å². The average molecular weight is 338 g/mol. The molecule has 3 rings (SSSR count). The molecule has 0 amide bonds. The fraction of sp³-hybridized carbons (Fsp3) is 0.462. The lowest BCUT2D eigenvalue weighted by atomic mass is 10.1. The van der Waals surface area contributed by atoms with E-state index >= 15 is 0 Å². The maximum atomic E-state index is 13.6. The maximum Gasteiger partial charge on any atom is 0.435 e. The van der Waals surface area contributed by atoms with Crippen LogP contribution in [0.1, 0.15) is 28.6 Å². The summed E-state index contributed by atoms with van der Waals surface area (Å²) in [5.74, 6) is -3.60. The van der Waals surface area contributed by atoms with Crippen LogP contribution in [0.5, 0.6) is 0 Å². The first-order valence-electron chi connectivity index (χ1n) is 6.44. The average Bonchev–Trinajstić information content (AvgIpc) is 3.06. The molecule has 2 aromatic rings. The quantitative estimate of drug-likeness (QED) is 0.871. The molecular formula is C13H11F5N2OS. The summed E-state index contributed by atoms with van der Waals surface area (Å²) < 4.78 is 67.0. The number of aliphatic hydroxyl groups is 1. The predicted octanol–water partition coefficient (Wildman–Crippen LogP) is 3.43. The molecule has 0 fully saturated rings. The minimum Gasteiger partial charge on any atom is -0.382 e. The van der Waals surface area contributed by atoms with Gasteiger partial charge in [-0.1, -0.05) is 0 Å². The van der Waals surface area contributed by atoms with Crippen molar-refractivity contribution >= 4 is 11.3 Å². The fourth-order valence-corrected chi connectivity index (χ4v) is 3.28. The molecule has 9 heteroatoms. The van der Waals surface area contributed by atoms with Gasteiger partial charge in [0, 0.05) is 12.1 Å². The monoisotopic (exact) mass is 338 g/mol. The highest BCUT2D eigenvalue weighted by Gasteiger charge is 2.54. The number of aliphatic hydroxyl groups excluding tert-OH is 1. The molecule has 2 aromatic heterocycles. The van der Waals surface area contributed by atoms with Gasteiger partial charge in [0.05, 0.1) is 12.1 Å². The normalized spacial score (nSPS) is 20.4. The number of fused-ring (bicyclic) bond motifs is 1. The van der Waals surface area contributed by atoms with E-state index in [9.17, 15) is 27.1 Å². The number of rotatable bonds is 3. The largest absolute Gasteiger partial charge is 0.435 e. The molecule has 2 heterocycles. The van der Waals surface area contributed by atoms with Crippen molar-refractivity contribution in [3.05, 3.63) is 39.3 Å². The number of nitrogens with zero attached hydrogens (tertiary/aromatic N) is 2. The minimum absolute atomic E-state index is 0.0535. The highest BCUT2D eigenvalue weighted by Crippen LogP contribution is 2.48. The number of aromatic nitrogens is 2. The summed E-state index contributed by atoms with van der Waals surface area (Å²) in [6.07, 6.45) is -7.89. The maximum absolute atomic E-state index is 13.6. The van der Waals surface area contributed by atoms with Crippen molar-refractivity contribution in [2.45, 2.75) is 37.6 Å². The molecule has 1 aliphatic carbocycles. The number of alkyl halides is 5. The van der Waals surface area contributed by atoms with E-state index in [4.69, 9.17) is 0 Å². The first kappa shape index (κ1) is 15.4. The van der Waals surface area contributed by atoms with E-state index in [0.717, 1.165) is 10.2 Å². The van der Waals surface area contributed by atoms with Crippen molar-refractivity contribution in [1.82, 2.24) is 9.78 Å². The number of thiophene rings is 1. The van der Waals surface area contributed by atoms with E-state index in [1.165, 1.54) is 11.3 Å². The summed E-state index contributed by atoms with van der Waals surface area (Å²) in [4.78, 5) is 0. The van der Waals surface area contributed by atoms with Crippen molar-refractivity contribution in [3.63, 3.8) is 0 Å². The summed E-state index contributed by atoms with van der Waals surface area (Å²) in [5, 5.41) is 16.6. The lowest BCUT2D eigenvalue weighted by Gasteiger charge is -2.15. The zero-order valence-electron chi connectivity index (χ0n) is 11.1. The molecule has 0 unspecified atom stereocenters. The Kier molecular flexibility index (Phi) is 3.52. The predicted molar refractivity (Wildman–Crippen MR) is 68.9 cm³/mol. The molecule has 22 heavy (non-hydrogen) atoms. The second-order valence-electron chi connectivity index (χ2n) is 5.15. The van der Waals surface area contributed by atoms with Crippen LogP contribution in [0.15, 0.2) is 16.8 Å². The third kappa shape index (κ3) is 2.52. The molecule has 1 N–H and O–H groups in total. The Labute approximate surface area is 126 Å². The molecule has 1 atom stereocenters. The van der Waals surface area contributed by atoms with E-state index in [1.54, 1.807) is 0 Å². The van der Waals surface area contributed by atoms with Crippen LogP contribution in [0.3, 0.4) is 0 Å². The van der Waals surface area contributed by atoms with Crippen LogP contribution in [0.25, 0.3) is 0 Å². The van der Waals surface area contributed by atoms with Crippen LogP contribution < -0.4 is 0 Å². The van der Waals surface area contributed by atoms with Crippen molar-refractivity contribution in [3.8, 4) is 0 Å². The van der Waals surface area contributed by atoms with Gasteiger partial charge in [0.1, 0.15) is 6.10 Å². The Morgan fingerprint density at radius 2 is 2.14 bits per heavy atom. The first-order chi connectivity index (χ1) is 10.2. The summed E-state index contributed by atoms with van der Waals surface area (Å²) in [6, 6.07) is 1.81. The summed E-state index contributed by atoms with van der Waals surface area (Å²) >= 11 is 1.44. The van der Waals surface area contributed by atoms with Gasteiger partial charge >= 0.3 is 6.18 Å². The third-order valence-electron chi connectivity index (χ3n) is 3.64. The van der Waals surface area contributed by atoms with Gasteiger partial charge < -0.3 is 5.11 Å². The molecular weight excluding hydrogens is 327 g/mol. The van der Waals surface area contributed by atoms with Gasteiger partial charge in [0.2, 0.25) is 0 Å². The molecule has 3 nitrogen and oxygen atoms in total. The first-order valence-corrected chi connectivity index (χ1v) is 7.38. The van der Waals surface area contributed by atoms with Crippen molar-refractivity contribution in [2.75, 3.05) is 0 Å². The van der Waals surface area contributed by atoms with Crippen LogP contribution in [0.4, 0.5) is 22.0 Å². The van der Waals surface area contributed by atoms with E-state index in [-0.39, 0.29) is 12.2 Å². The van der Waals surface area contributed by atoms with E-state index in [0.29, 0.717) is 6.42 Å². The highest BCUT2D eigenvalue weighted by molar-refractivity contribution is 7.07. The van der Waals surface area contributed by atoms with Crippen LogP contribution >= 0.6 is 11.3 Å². The number of aryl methyl sites for hydroxylation is 2. The zero-order valence-corrected chi connectivity index (χ0v) is 11.9. The lowest BCUT2D eigenvalue weighted by molar-refractivity contribution is -0.146. The van der Waals surface area contributed by atoms with Gasteiger partial charge in [-0.2, -0.15) is 29.6 Å². The lowest BCUT2D eigenvalue weighted by Crippen LogP contribution is -2.25. The second-order valence-corrected chi connectivity index (χ2v) is 5.93. The molecule has 0 spiro atoms. The molecule has 1 aliphatic rings. The number of hydrogen-bond acceptors (Lipinski definition) is 3. The van der Waals surface area contributed by atoms with Crippen LogP contribution in [0, 0.1) is 0 Å². The van der Waals surface area contributed by atoms with E-state index in [2.05, 4.69) is 5.10 Å². The van der Waals surface area contributed by atoms with Gasteiger partial charge in [-0.3, -0.25) is 4.68 Å². The smallest absolute Gasteiger partial charge is 0.382 e. The molecule has 0 bridgehead atoms. The van der Waals surface area contributed by atoms with Crippen LogP contribution in [0.2, 0.25) is 0 Å². The van der Waals surface area contributed by atoms with Gasteiger partial charge in [0.25, 0.3) is 5.92 Å². The third-order valence-corrected chi connectivity index (χ3v) is 4.37. The number of halogens is 5. The fourth-order valence-electron chi connectivity index (χ4n) is 2.58. The minimum atomic E-state index is -4.88. The molecule has 0 aliphatic heterocycles. The van der Waals surface area contributed by atoms with E-state index in [1.807, 2.05) is 16.8 Å². The Bertz CT molecular complexity index is 677. The van der Waals surface area contributed by atoms with Gasteiger partial charge in [-0.05, 0) is 28.8 Å². The Balaban J connectivity index is 1.97. The Hall–Kier alpha value is -1.48. The number of hydrogen-bond donors (Lipinski definition) is 1. The zero-order chi connectivity index (χ0) is 16.1. The second kappa shape index (κ2) is 5.02. The standard InChI is InChI=1S/C13H11F5N2OS/c14-12(15)5-8-9(11(12)21)10(13(16,17)18)19-20(8)3-1-7-2-4-22-6-7/h2,4,6,11,21H,1,3,5H2/t11-/m0/s1. The van der Waals surface area contributed by atoms with Gasteiger partial charge in [0.15, 0.2) is 5.69 Å². The summed E-state index contributed by atoms with van der Waals surface area (Å²) in [7, 11) is 0. The molecule has 0 saturated carbocycles. The topological polar surface area (TPSA) is 38.1 Å². The molecule has 0 saturated heterocycles.